The van der Waals surface area contributed by atoms with E-state index in [4.69, 9.17) is 4.74 Å². The SMILES string of the molecule is COCC(=O)N[C@H](C(=O)NCCN1CCNCC1)C(C)C.Cl. The zero-order valence-corrected chi connectivity index (χ0v) is 14.5. The molecule has 22 heavy (non-hydrogen) atoms. The summed E-state index contributed by atoms with van der Waals surface area (Å²) in [4.78, 5) is 26.0. The first-order valence-corrected chi connectivity index (χ1v) is 7.53. The predicted molar refractivity (Wildman–Crippen MR) is 88.2 cm³/mol. The van der Waals surface area contributed by atoms with Gasteiger partial charge in [-0.1, -0.05) is 13.8 Å². The summed E-state index contributed by atoms with van der Waals surface area (Å²) in [5, 5.41) is 8.90. The second-order valence-corrected chi connectivity index (χ2v) is 5.60. The van der Waals surface area contributed by atoms with Crippen LogP contribution in [0.3, 0.4) is 0 Å². The van der Waals surface area contributed by atoms with Crippen molar-refractivity contribution in [2.24, 2.45) is 5.92 Å². The van der Waals surface area contributed by atoms with Crippen LogP contribution in [0.15, 0.2) is 0 Å². The molecule has 1 saturated heterocycles. The van der Waals surface area contributed by atoms with Crippen molar-refractivity contribution < 1.29 is 14.3 Å². The summed E-state index contributed by atoms with van der Waals surface area (Å²) in [5.41, 5.74) is 0. The smallest absolute Gasteiger partial charge is 0.246 e. The fourth-order valence-electron chi connectivity index (χ4n) is 2.26. The lowest BCUT2D eigenvalue weighted by atomic mass is 10.0. The predicted octanol–water partition coefficient (Wildman–Crippen LogP) is -0.783. The summed E-state index contributed by atoms with van der Waals surface area (Å²) in [5.74, 6) is -0.372. The van der Waals surface area contributed by atoms with Crippen LogP contribution in [-0.2, 0) is 14.3 Å². The number of ether oxygens (including phenoxy) is 1. The van der Waals surface area contributed by atoms with Gasteiger partial charge in [0.15, 0.2) is 0 Å². The molecule has 0 saturated carbocycles. The van der Waals surface area contributed by atoms with Gasteiger partial charge in [-0.3, -0.25) is 14.5 Å². The first-order valence-electron chi connectivity index (χ1n) is 7.53. The number of halogens is 1. The number of nitrogens with one attached hydrogen (secondary N) is 3. The van der Waals surface area contributed by atoms with Crippen LogP contribution in [0.5, 0.6) is 0 Å². The van der Waals surface area contributed by atoms with Crippen molar-refractivity contribution >= 4 is 24.2 Å². The number of carbonyl (C=O) groups excluding carboxylic acids is 2. The monoisotopic (exact) mass is 336 g/mol. The Morgan fingerprint density at radius 1 is 1.27 bits per heavy atom. The van der Waals surface area contributed by atoms with E-state index in [1.807, 2.05) is 13.8 Å². The third kappa shape index (κ3) is 7.93. The molecule has 1 rings (SSSR count). The third-order valence-electron chi connectivity index (χ3n) is 3.48. The number of carbonyl (C=O) groups is 2. The third-order valence-corrected chi connectivity index (χ3v) is 3.48. The number of rotatable bonds is 8. The fraction of sp³-hybridized carbons (Fsp3) is 0.857. The maximum absolute atomic E-state index is 12.2. The molecule has 2 amide bonds. The van der Waals surface area contributed by atoms with E-state index in [1.165, 1.54) is 7.11 Å². The van der Waals surface area contributed by atoms with Gasteiger partial charge in [0, 0.05) is 46.4 Å². The standard InChI is InChI=1S/C14H28N4O3.ClH/c1-11(2)13(17-12(19)10-21-3)14(20)16-6-9-18-7-4-15-5-8-18;/h11,13,15H,4-10H2,1-3H3,(H,16,20)(H,17,19);1H/t13-;/m0./s1. The lowest BCUT2D eigenvalue weighted by Gasteiger charge is -2.28. The Labute approximate surface area is 138 Å². The van der Waals surface area contributed by atoms with Crippen molar-refractivity contribution in [2.75, 3.05) is 53.0 Å². The van der Waals surface area contributed by atoms with Crippen molar-refractivity contribution in [3.05, 3.63) is 0 Å². The highest BCUT2D eigenvalue weighted by Gasteiger charge is 2.23. The average molecular weight is 337 g/mol. The lowest BCUT2D eigenvalue weighted by molar-refractivity contribution is -0.131. The molecule has 0 radical (unpaired) electrons. The highest BCUT2D eigenvalue weighted by atomic mass is 35.5. The Morgan fingerprint density at radius 2 is 1.91 bits per heavy atom. The fourth-order valence-corrected chi connectivity index (χ4v) is 2.26. The molecule has 0 aromatic carbocycles. The van der Waals surface area contributed by atoms with Gasteiger partial charge in [0.1, 0.15) is 12.6 Å². The Morgan fingerprint density at radius 3 is 2.45 bits per heavy atom. The molecule has 1 heterocycles. The van der Waals surface area contributed by atoms with E-state index in [9.17, 15) is 9.59 Å². The van der Waals surface area contributed by atoms with Crippen LogP contribution in [0.2, 0.25) is 0 Å². The minimum atomic E-state index is -0.518. The van der Waals surface area contributed by atoms with Gasteiger partial charge < -0.3 is 20.7 Å². The summed E-state index contributed by atoms with van der Waals surface area (Å²) >= 11 is 0. The second-order valence-electron chi connectivity index (χ2n) is 5.60. The zero-order chi connectivity index (χ0) is 15.7. The van der Waals surface area contributed by atoms with Crippen molar-refractivity contribution in [3.8, 4) is 0 Å². The Kier molecular flexibility index (Phi) is 11.2. The Hall–Kier alpha value is -0.890. The molecule has 0 aromatic heterocycles. The van der Waals surface area contributed by atoms with Gasteiger partial charge in [-0.25, -0.2) is 0 Å². The second kappa shape index (κ2) is 11.6. The molecule has 0 unspecified atom stereocenters. The largest absolute Gasteiger partial charge is 0.375 e. The summed E-state index contributed by atoms with van der Waals surface area (Å²) in [6, 6.07) is -0.518. The quantitative estimate of drug-likeness (QED) is 0.541. The Bertz CT molecular complexity index is 336. The highest BCUT2D eigenvalue weighted by Crippen LogP contribution is 2.02. The maximum atomic E-state index is 12.2. The van der Waals surface area contributed by atoms with Crippen LogP contribution in [0.1, 0.15) is 13.8 Å². The van der Waals surface area contributed by atoms with E-state index < -0.39 is 6.04 Å². The van der Waals surface area contributed by atoms with E-state index in [0.717, 1.165) is 32.7 Å². The van der Waals surface area contributed by atoms with Crippen LogP contribution >= 0.6 is 12.4 Å². The molecule has 130 valence electrons. The van der Waals surface area contributed by atoms with E-state index in [-0.39, 0.29) is 36.7 Å². The van der Waals surface area contributed by atoms with Gasteiger partial charge in [0.2, 0.25) is 11.8 Å². The summed E-state index contributed by atoms with van der Waals surface area (Å²) < 4.78 is 4.77. The van der Waals surface area contributed by atoms with Gasteiger partial charge >= 0.3 is 0 Å². The van der Waals surface area contributed by atoms with Crippen molar-refractivity contribution in [1.29, 1.82) is 0 Å². The van der Waals surface area contributed by atoms with Crippen molar-refractivity contribution in [3.63, 3.8) is 0 Å². The van der Waals surface area contributed by atoms with Crippen LogP contribution in [0.4, 0.5) is 0 Å². The number of piperazine rings is 1. The van der Waals surface area contributed by atoms with E-state index >= 15 is 0 Å². The molecule has 1 fully saturated rings. The molecule has 1 aliphatic rings. The molecule has 8 heteroatoms. The molecule has 1 atom stereocenters. The Balaban J connectivity index is 0.00000441. The van der Waals surface area contributed by atoms with Gasteiger partial charge in [-0.2, -0.15) is 0 Å². The number of hydrogen-bond donors (Lipinski definition) is 3. The van der Waals surface area contributed by atoms with Crippen LogP contribution < -0.4 is 16.0 Å². The van der Waals surface area contributed by atoms with Gasteiger partial charge in [-0.15, -0.1) is 12.4 Å². The van der Waals surface area contributed by atoms with Crippen LogP contribution in [-0.4, -0.2) is 75.7 Å². The topological polar surface area (TPSA) is 82.7 Å². The molecule has 0 aromatic rings. The molecule has 0 aliphatic carbocycles. The maximum Gasteiger partial charge on any atom is 0.246 e. The van der Waals surface area contributed by atoms with Gasteiger partial charge in [-0.05, 0) is 5.92 Å². The normalized spacial score (nSPS) is 16.7. The first-order chi connectivity index (χ1) is 10.0. The molecule has 0 bridgehead atoms. The lowest BCUT2D eigenvalue weighted by Crippen LogP contribution is -2.52. The summed E-state index contributed by atoms with van der Waals surface area (Å²) in [7, 11) is 1.46. The number of nitrogens with zero attached hydrogens (tertiary/aromatic N) is 1. The van der Waals surface area contributed by atoms with Crippen molar-refractivity contribution in [2.45, 2.75) is 19.9 Å². The number of methoxy groups -OCH3 is 1. The molecular weight excluding hydrogens is 308 g/mol. The van der Waals surface area contributed by atoms with Crippen LogP contribution in [0, 0.1) is 5.92 Å². The van der Waals surface area contributed by atoms with Gasteiger partial charge in [0.25, 0.3) is 0 Å². The summed E-state index contributed by atoms with van der Waals surface area (Å²) in [6.07, 6.45) is 0. The van der Waals surface area contributed by atoms with E-state index in [1.54, 1.807) is 0 Å². The number of hydrogen-bond acceptors (Lipinski definition) is 5. The summed E-state index contributed by atoms with van der Waals surface area (Å²) in [6.45, 7) is 9.23. The number of amides is 2. The first kappa shape index (κ1) is 21.1. The molecule has 1 aliphatic heterocycles. The van der Waals surface area contributed by atoms with Crippen molar-refractivity contribution in [1.82, 2.24) is 20.9 Å². The molecule has 3 N–H and O–H groups in total. The minimum Gasteiger partial charge on any atom is -0.375 e. The van der Waals surface area contributed by atoms with Crippen LogP contribution in [0.25, 0.3) is 0 Å². The zero-order valence-electron chi connectivity index (χ0n) is 13.7. The highest BCUT2D eigenvalue weighted by molar-refractivity contribution is 5.88. The average Bonchev–Trinajstić information content (AvgIpc) is 2.45. The van der Waals surface area contributed by atoms with E-state index in [0.29, 0.717) is 6.54 Å². The molecule has 7 nitrogen and oxygen atoms in total. The van der Waals surface area contributed by atoms with E-state index in [2.05, 4.69) is 20.9 Å². The van der Waals surface area contributed by atoms with Gasteiger partial charge in [0.05, 0.1) is 0 Å². The molecular formula is C14H29ClN4O3. The molecule has 0 spiro atoms. The minimum absolute atomic E-state index is 0.